The number of rotatable bonds is 8. The fourth-order valence-electron chi connectivity index (χ4n) is 1.97. The summed E-state index contributed by atoms with van der Waals surface area (Å²) in [7, 11) is -3.27. The van der Waals surface area contributed by atoms with Crippen LogP contribution in [0.2, 0.25) is 0 Å². The number of hydrogen-bond acceptors (Lipinski definition) is 4. The molecular formula is C14H21F3N4O3S. The van der Waals surface area contributed by atoms with E-state index < -0.39 is 22.1 Å². The molecule has 0 aliphatic carbocycles. The van der Waals surface area contributed by atoms with Gasteiger partial charge in [-0.15, -0.1) is 13.2 Å². The number of benzene rings is 1. The van der Waals surface area contributed by atoms with E-state index >= 15 is 0 Å². The molecule has 142 valence electrons. The summed E-state index contributed by atoms with van der Waals surface area (Å²) in [4.78, 5) is 3.97. The SMILES string of the molecule is CCN(CCCN=C(N)Nc1ccccc1OC(F)(F)F)S(C)(=O)=O. The lowest BCUT2D eigenvalue weighted by molar-refractivity contribution is -0.274. The smallest absolute Gasteiger partial charge is 0.404 e. The quantitative estimate of drug-likeness (QED) is 0.407. The maximum absolute atomic E-state index is 12.3. The van der Waals surface area contributed by atoms with Crippen LogP contribution in [0.3, 0.4) is 0 Å². The molecule has 11 heteroatoms. The number of nitrogens with one attached hydrogen (secondary N) is 1. The van der Waals surface area contributed by atoms with Crippen LogP contribution in [-0.4, -0.2) is 50.9 Å². The third-order valence-corrected chi connectivity index (χ3v) is 4.42. The zero-order chi connectivity index (χ0) is 19.1. The van der Waals surface area contributed by atoms with Crippen LogP contribution in [0.1, 0.15) is 13.3 Å². The molecule has 3 N–H and O–H groups in total. The number of nitrogens with two attached hydrogens (primary N) is 1. The van der Waals surface area contributed by atoms with E-state index in [4.69, 9.17) is 5.73 Å². The van der Waals surface area contributed by atoms with Gasteiger partial charge in [-0.3, -0.25) is 4.99 Å². The summed E-state index contributed by atoms with van der Waals surface area (Å²) in [6.45, 7) is 2.56. The summed E-state index contributed by atoms with van der Waals surface area (Å²) in [6.07, 6.45) is -3.28. The maximum atomic E-state index is 12.3. The van der Waals surface area contributed by atoms with Gasteiger partial charge in [0.05, 0.1) is 11.9 Å². The van der Waals surface area contributed by atoms with E-state index in [-0.39, 0.29) is 24.7 Å². The Hall–Kier alpha value is -2.01. The monoisotopic (exact) mass is 382 g/mol. The fourth-order valence-corrected chi connectivity index (χ4v) is 2.90. The number of anilines is 1. The Balaban J connectivity index is 2.62. The molecule has 0 amide bonds. The first-order valence-electron chi connectivity index (χ1n) is 7.39. The van der Waals surface area contributed by atoms with Gasteiger partial charge in [-0.05, 0) is 18.6 Å². The van der Waals surface area contributed by atoms with Gasteiger partial charge in [0.2, 0.25) is 10.0 Å². The lowest BCUT2D eigenvalue weighted by atomic mass is 10.3. The Morgan fingerprint density at radius 1 is 1.36 bits per heavy atom. The molecule has 1 aromatic rings. The molecule has 25 heavy (non-hydrogen) atoms. The molecule has 1 aromatic carbocycles. The number of aliphatic imine (C=N–C) groups is 1. The molecule has 0 radical (unpaired) electrons. The number of hydrogen-bond donors (Lipinski definition) is 2. The van der Waals surface area contributed by atoms with Crippen LogP contribution in [0.5, 0.6) is 5.75 Å². The van der Waals surface area contributed by atoms with E-state index in [9.17, 15) is 21.6 Å². The summed E-state index contributed by atoms with van der Waals surface area (Å²) < 4.78 is 65.1. The Morgan fingerprint density at radius 3 is 2.56 bits per heavy atom. The summed E-state index contributed by atoms with van der Waals surface area (Å²) in [6, 6.07) is 5.43. The van der Waals surface area contributed by atoms with Crippen LogP contribution in [0.25, 0.3) is 0 Å². The van der Waals surface area contributed by atoms with Crippen molar-refractivity contribution in [2.24, 2.45) is 10.7 Å². The minimum Gasteiger partial charge on any atom is -0.404 e. The van der Waals surface area contributed by atoms with Crippen molar-refractivity contribution in [3.05, 3.63) is 24.3 Å². The van der Waals surface area contributed by atoms with Crippen LogP contribution in [0.15, 0.2) is 29.3 Å². The Labute approximate surface area is 144 Å². The first-order chi connectivity index (χ1) is 11.5. The van der Waals surface area contributed by atoms with Crippen molar-refractivity contribution in [3.63, 3.8) is 0 Å². The van der Waals surface area contributed by atoms with Gasteiger partial charge in [-0.1, -0.05) is 19.1 Å². The van der Waals surface area contributed by atoms with E-state index in [1.54, 1.807) is 6.92 Å². The second-order valence-electron chi connectivity index (χ2n) is 5.04. The average Bonchev–Trinajstić information content (AvgIpc) is 2.46. The number of nitrogens with zero attached hydrogens (tertiary/aromatic N) is 2. The Bertz CT molecular complexity index is 693. The highest BCUT2D eigenvalue weighted by molar-refractivity contribution is 7.88. The molecule has 0 spiro atoms. The highest BCUT2D eigenvalue weighted by Gasteiger charge is 2.32. The van der Waals surface area contributed by atoms with E-state index in [0.29, 0.717) is 13.0 Å². The van der Waals surface area contributed by atoms with Crippen molar-refractivity contribution >= 4 is 21.7 Å². The topological polar surface area (TPSA) is 97.0 Å². The van der Waals surface area contributed by atoms with Gasteiger partial charge < -0.3 is 15.8 Å². The van der Waals surface area contributed by atoms with Crippen molar-refractivity contribution in [1.82, 2.24) is 4.31 Å². The van der Waals surface area contributed by atoms with E-state index in [1.165, 1.54) is 22.5 Å². The van der Waals surface area contributed by atoms with Crippen molar-refractivity contribution in [3.8, 4) is 5.75 Å². The predicted molar refractivity (Wildman–Crippen MR) is 89.9 cm³/mol. The van der Waals surface area contributed by atoms with E-state index in [1.807, 2.05) is 0 Å². The molecule has 0 aromatic heterocycles. The van der Waals surface area contributed by atoms with Crippen molar-refractivity contribution < 1.29 is 26.3 Å². The number of halogens is 3. The van der Waals surface area contributed by atoms with Crippen LogP contribution < -0.4 is 15.8 Å². The third-order valence-electron chi connectivity index (χ3n) is 3.04. The number of ether oxygens (including phenoxy) is 1. The molecule has 7 nitrogen and oxygen atoms in total. The van der Waals surface area contributed by atoms with E-state index in [0.717, 1.165) is 12.3 Å². The van der Waals surface area contributed by atoms with Gasteiger partial charge in [-0.2, -0.15) is 0 Å². The van der Waals surface area contributed by atoms with Crippen molar-refractivity contribution in [2.75, 3.05) is 31.2 Å². The summed E-state index contributed by atoms with van der Waals surface area (Å²) in [5.74, 6) is -0.525. The first kappa shape index (κ1) is 21.0. The number of sulfonamides is 1. The Morgan fingerprint density at radius 2 is 2.00 bits per heavy atom. The lowest BCUT2D eigenvalue weighted by Gasteiger charge is -2.17. The largest absolute Gasteiger partial charge is 0.573 e. The van der Waals surface area contributed by atoms with Crippen LogP contribution in [-0.2, 0) is 10.0 Å². The molecule has 0 heterocycles. The van der Waals surface area contributed by atoms with Gasteiger partial charge in [0.25, 0.3) is 0 Å². The molecule has 0 fully saturated rings. The zero-order valence-electron chi connectivity index (χ0n) is 13.9. The molecule has 0 aliphatic rings. The Kier molecular flexibility index (Phi) is 7.49. The second-order valence-corrected chi connectivity index (χ2v) is 7.03. The predicted octanol–water partition coefficient (Wildman–Crippen LogP) is 1.98. The minimum atomic E-state index is -4.82. The molecule has 0 saturated heterocycles. The standard InChI is InChI=1S/C14H21F3N4O3S/c1-3-21(25(2,22)23)10-6-9-19-13(18)20-11-7-4-5-8-12(11)24-14(15,16)17/h4-5,7-8H,3,6,9-10H2,1-2H3,(H3,18,19,20). The molecular weight excluding hydrogens is 361 g/mol. The van der Waals surface area contributed by atoms with Crippen LogP contribution in [0, 0.1) is 0 Å². The fraction of sp³-hybridized carbons (Fsp3) is 0.500. The highest BCUT2D eigenvalue weighted by Crippen LogP contribution is 2.29. The summed E-state index contributed by atoms with van der Waals surface area (Å²) >= 11 is 0. The van der Waals surface area contributed by atoms with Crippen LogP contribution >= 0.6 is 0 Å². The molecule has 0 atom stereocenters. The van der Waals surface area contributed by atoms with Gasteiger partial charge >= 0.3 is 6.36 Å². The van der Waals surface area contributed by atoms with Gasteiger partial charge in [0.15, 0.2) is 11.7 Å². The molecule has 1 rings (SSSR count). The summed E-state index contributed by atoms with van der Waals surface area (Å²) in [5, 5.41) is 2.54. The lowest BCUT2D eigenvalue weighted by Crippen LogP contribution is -2.31. The molecule has 0 aliphatic heterocycles. The zero-order valence-corrected chi connectivity index (χ0v) is 14.7. The normalized spacial score (nSPS) is 13.1. The van der Waals surface area contributed by atoms with E-state index in [2.05, 4.69) is 15.0 Å². The van der Waals surface area contributed by atoms with Crippen molar-refractivity contribution in [1.29, 1.82) is 0 Å². The van der Waals surface area contributed by atoms with Crippen molar-refractivity contribution in [2.45, 2.75) is 19.7 Å². The highest BCUT2D eigenvalue weighted by atomic mass is 32.2. The molecule has 0 saturated carbocycles. The average molecular weight is 382 g/mol. The number of alkyl halides is 3. The van der Waals surface area contributed by atoms with Crippen LogP contribution in [0.4, 0.5) is 18.9 Å². The second kappa shape index (κ2) is 8.90. The molecule has 0 unspecified atom stereocenters. The first-order valence-corrected chi connectivity index (χ1v) is 9.24. The molecule has 0 bridgehead atoms. The number of guanidine groups is 1. The van der Waals surface area contributed by atoms with Gasteiger partial charge in [0.1, 0.15) is 0 Å². The maximum Gasteiger partial charge on any atom is 0.573 e. The number of para-hydroxylation sites is 2. The third kappa shape index (κ3) is 8.07. The summed E-state index contributed by atoms with van der Waals surface area (Å²) in [5.41, 5.74) is 5.66. The van der Waals surface area contributed by atoms with Gasteiger partial charge in [-0.25, -0.2) is 12.7 Å². The van der Waals surface area contributed by atoms with Gasteiger partial charge in [0, 0.05) is 19.6 Å². The minimum absolute atomic E-state index is 0.0207.